The van der Waals surface area contributed by atoms with Crippen LogP contribution in [0, 0.1) is 0 Å². The van der Waals surface area contributed by atoms with Gasteiger partial charge >= 0.3 is 0 Å². The lowest BCUT2D eigenvalue weighted by molar-refractivity contribution is 0.713. The van der Waals surface area contributed by atoms with E-state index in [1.165, 1.54) is 0 Å². The summed E-state index contributed by atoms with van der Waals surface area (Å²) in [4.78, 5) is 8.41. The third-order valence-electron chi connectivity index (χ3n) is 2.29. The predicted octanol–water partition coefficient (Wildman–Crippen LogP) is 2.04. The van der Waals surface area contributed by atoms with E-state index in [-0.39, 0.29) is 0 Å². The molecule has 1 aliphatic rings. The summed E-state index contributed by atoms with van der Waals surface area (Å²) in [5, 5.41) is 6.52. The molecule has 2 rings (SSSR count). The quantitative estimate of drug-likeness (QED) is 0.860. The van der Waals surface area contributed by atoms with E-state index in [4.69, 9.17) is 0 Å². The molecule has 1 aliphatic heterocycles. The fraction of sp³-hybridized carbons (Fsp3) is 0.400. The van der Waals surface area contributed by atoms with Crippen LogP contribution in [0.15, 0.2) is 26.3 Å². The molecule has 0 saturated carbocycles. The second-order valence-electron chi connectivity index (χ2n) is 3.67. The van der Waals surface area contributed by atoms with Crippen LogP contribution in [0.1, 0.15) is 12.5 Å². The van der Waals surface area contributed by atoms with E-state index in [0.29, 0.717) is 12.6 Å². The summed E-state index contributed by atoms with van der Waals surface area (Å²) in [6.45, 7) is 3.65. The summed E-state index contributed by atoms with van der Waals surface area (Å²) >= 11 is 6.95. The molecule has 0 spiro atoms. The third-order valence-corrected chi connectivity index (χ3v) is 3.66. The lowest BCUT2D eigenvalue weighted by Gasteiger charge is -2.11. The number of hydrogen-bond acceptors (Lipinski definition) is 4. The summed E-state index contributed by atoms with van der Waals surface area (Å²) < 4.78 is 1.97. The molecule has 0 saturated heterocycles. The number of nitrogens with one attached hydrogen (secondary N) is 2. The Bertz CT molecular complexity index is 399. The molecule has 1 aromatic rings. The van der Waals surface area contributed by atoms with Gasteiger partial charge in [-0.05, 0) is 38.8 Å². The molecule has 0 radical (unpaired) electrons. The van der Waals surface area contributed by atoms with Gasteiger partial charge in [0.25, 0.3) is 0 Å². The Morgan fingerprint density at radius 2 is 2.12 bits per heavy atom. The van der Waals surface area contributed by atoms with Gasteiger partial charge in [-0.3, -0.25) is 9.98 Å². The van der Waals surface area contributed by atoms with E-state index >= 15 is 0 Å². The number of aromatic nitrogens is 1. The van der Waals surface area contributed by atoms with Crippen LogP contribution in [-0.2, 0) is 6.54 Å². The topological polar surface area (TPSA) is 49.3 Å². The Balaban J connectivity index is 2.00. The highest BCUT2D eigenvalue weighted by atomic mass is 79.9. The molecule has 0 bridgehead atoms. The second-order valence-corrected chi connectivity index (χ2v) is 5.38. The van der Waals surface area contributed by atoms with Gasteiger partial charge in [-0.2, -0.15) is 0 Å². The van der Waals surface area contributed by atoms with Gasteiger partial charge in [-0.25, -0.2) is 0 Å². The normalized spacial score (nSPS) is 19.2. The van der Waals surface area contributed by atoms with Crippen LogP contribution in [-0.4, -0.2) is 23.5 Å². The maximum Gasteiger partial charge on any atom is 0.191 e. The van der Waals surface area contributed by atoms with Gasteiger partial charge in [0.2, 0.25) is 0 Å². The summed E-state index contributed by atoms with van der Waals surface area (Å²) in [5.74, 6) is 0.864. The van der Waals surface area contributed by atoms with Gasteiger partial charge in [-0.1, -0.05) is 0 Å². The van der Waals surface area contributed by atoms with Crippen LogP contribution in [0.4, 0.5) is 0 Å². The second kappa shape index (κ2) is 5.14. The van der Waals surface area contributed by atoms with Gasteiger partial charge in [0, 0.05) is 39.5 Å². The van der Waals surface area contributed by atoms with Gasteiger partial charge in [0.05, 0.1) is 6.54 Å². The number of aliphatic imine (C=N–C) groups is 1. The van der Waals surface area contributed by atoms with Gasteiger partial charge in [-0.15, -0.1) is 0 Å². The standard InChI is InChI=1S/C10H12Br2N4/c1-6-2-14-10(16-6)15-3-7-8(11)4-13-5-9(7)12/h4-6H,2-3H2,1H3,(H2,14,15,16). The number of pyridine rings is 1. The third kappa shape index (κ3) is 2.74. The average molecular weight is 348 g/mol. The molecule has 0 aliphatic carbocycles. The zero-order valence-electron chi connectivity index (χ0n) is 8.80. The monoisotopic (exact) mass is 346 g/mol. The molecule has 1 atom stereocenters. The van der Waals surface area contributed by atoms with E-state index in [1.54, 1.807) is 12.4 Å². The van der Waals surface area contributed by atoms with E-state index in [2.05, 4.69) is 59.4 Å². The maximum atomic E-state index is 4.34. The van der Waals surface area contributed by atoms with Crippen LogP contribution in [0.3, 0.4) is 0 Å². The van der Waals surface area contributed by atoms with E-state index in [1.807, 2.05) is 0 Å². The molecule has 6 heteroatoms. The van der Waals surface area contributed by atoms with Crippen LogP contribution in [0.25, 0.3) is 0 Å². The molecule has 1 unspecified atom stereocenters. The molecule has 1 aromatic heterocycles. The van der Waals surface area contributed by atoms with Crippen molar-refractivity contribution in [2.75, 3.05) is 6.54 Å². The first kappa shape index (κ1) is 11.9. The number of halogens is 2. The fourth-order valence-electron chi connectivity index (χ4n) is 1.44. The first-order valence-corrected chi connectivity index (χ1v) is 6.58. The first-order chi connectivity index (χ1) is 7.66. The first-order valence-electron chi connectivity index (χ1n) is 4.99. The highest BCUT2D eigenvalue weighted by Gasteiger charge is 2.13. The van der Waals surface area contributed by atoms with Crippen LogP contribution in [0.2, 0.25) is 0 Å². The molecule has 2 N–H and O–H groups in total. The summed E-state index contributed by atoms with van der Waals surface area (Å²) in [5.41, 5.74) is 1.14. The van der Waals surface area contributed by atoms with Crippen molar-refractivity contribution in [2.45, 2.75) is 19.5 Å². The maximum absolute atomic E-state index is 4.34. The Morgan fingerprint density at radius 3 is 2.69 bits per heavy atom. The van der Waals surface area contributed by atoms with Gasteiger partial charge < -0.3 is 10.6 Å². The predicted molar refractivity (Wildman–Crippen MR) is 71.4 cm³/mol. The molecule has 0 fully saturated rings. The average Bonchev–Trinajstić information content (AvgIpc) is 2.63. The molecular formula is C10H12Br2N4. The lowest BCUT2D eigenvalue weighted by atomic mass is 10.3. The Kier molecular flexibility index (Phi) is 3.81. The van der Waals surface area contributed by atoms with Crippen molar-refractivity contribution >= 4 is 37.8 Å². The number of guanidine groups is 1. The minimum absolute atomic E-state index is 0.423. The molecule has 16 heavy (non-hydrogen) atoms. The Hall–Kier alpha value is -0.620. The number of hydrogen-bond donors (Lipinski definition) is 2. The summed E-state index contributed by atoms with van der Waals surface area (Å²) in [6, 6.07) is 0.423. The van der Waals surface area contributed by atoms with Crippen molar-refractivity contribution in [3.05, 3.63) is 26.9 Å². The smallest absolute Gasteiger partial charge is 0.191 e. The number of nitrogens with zero attached hydrogens (tertiary/aromatic N) is 2. The van der Waals surface area contributed by atoms with Crippen molar-refractivity contribution < 1.29 is 0 Å². The zero-order chi connectivity index (χ0) is 11.5. The Morgan fingerprint density at radius 1 is 1.44 bits per heavy atom. The Labute approximate surface area is 111 Å². The minimum Gasteiger partial charge on any atom is -0.352 e. The molecule has 0 aromatic carbocycles. The van der Waals surface area contributed by atoms with Crippen LogP contribution in [0.5, 0.6) is 0 Å². The summed E-state index contributed by atoms with van der Waals surface area (Å²) in [7, 11) is 0. The van der Waals surface area contributed by atoms with Gasteiger partial charge in [0.1, 0.15) is 0 Å². The highest BCUT2D eigenvalue weighted by molar-refractivity contribution is 9.11. The largest absolute Gasteiger partial charge is 0.352 e. The van der Waals surface area contributed by atoms with E-state index in [0.717, 1.165) is 27.0 Å². The fourth-order valence-corrected chi connectivity index (χ4v) is 2.65. The molecular weight excluding hydrogens is 336 g/mol. The van der Waals surface area contributed by atoms with Crippen molar-refractivity contribution in [1.82, 2.24) is 15.6 Å². The molecule has 86 valence electrons. The molecule has 2 heterocycles. The SMILES string of the molecule is CC1CN=C(NCc2c(Br)cncc2Br)N1. The van der Waals surface area contributed by atoms with Gasteiger partial charge in [0.15, 0.2) is 5.96 Å². The molecule has 4 nitrogen and oxygen atoms in total. The summed E-state index contributed by atoms with van der Waals surface area (Å²) in [6.07, 6.45) is 3.57. The zero-order valence-corrected chi connectivity index (χ0v) is 12.0. The van der Waals surface area contributed by atoms with Crippen LogP contribution >= 0.6 is 31.9 Å². The van der Waals surface area contributed by atoms with Crippen molar-refractivity contribution in [3.8, 4) is 0 Å². The van der Waals surface area contributed by atoms with Crippen LogP contribution < -0.4 is 10.6 Å². The van der Waals surface area contributed by atoms with Crippen molar-refractivity contribution in [1.29, 1.82) is 0 Å². The van der Waals surface area contributed by atoms with Crippen molar-refractivity contribution in [3.63, 3.8) is 0 Å². The minimum atomic E-state index is 0.423. The number of rotatable bonds is 2. The van der Waals surface area contributed by atoms with E-state index < -0.39 is 0 Å². The molecule has 0 amide bonds. The lowest BCUT2D eigenvalue weighted by Crippen LogP contribution is -2.37. The van der Waals surface area contributed by atoms with E-state index in [9.17, 15) is 0 Å². The highest BCUT2D eigenvalue weighted by Crippen LogP contribution is 2.23. The van der Waals surface area contributed by atoms with Crippen molar-refractivity contribution in [2.24, 2.45) is 4.99 Å².